The normalized spacial score (nSPS) is 11.4. The van der Waals surface area contributed by atoms with Crippen LogP contribution in [0.5, 0.6) is 5.75 Å². The summed E-state index contributed by atoms with van der Waals surface area (Å²) in [5.41, 5.74) is 0.432. The molecule has 0 spiro atoms. The molecule has 0 fully saturated rings. The molecule has 0 heterocycles. The highest BCUT2D eigenvalue weighted by atomic mass is 32.2. The largest absolute Gasteiger partial charge is 0.491 e. The van der Waals surface area contributed by atoms with Crippen LogP contribution in [-0.2, 0) is 20.6 Å². The van der Waals surface area contributed by atoms with E-state index < -0.39 is 15.9 Å². The molecule has 0 bridgehead atoms. The Morgan fingerprint density at radius 2 is 1.94 bits per heavy atom. The van der Waals surface area contributed by atoms with Gasteiger partial charge in [0.1, 0.15) is 18.1 Å². The Bertz CT molecular complexity index is 427. The number of hydrogen-bond acceptors (Lipinski definition) is 4. The lowest BCUT2D eigenvalue weighted by Gasteiger charge is -2.09. The van der Waals surface area contributed by atoms with E-state index in [1.165, 1.54) is 0 Å². The molecule has 0 aromatic heterocycles. The van der Waals surface area contributed by atoms with Gasteiger partial charge in [-0.05, 0) is 6.07 Å². The molecule has 0 aliphatic heterocycles. The van der Waals surface area contributed by atoms with E-state index in [0.29, 0.717) is 24.5 Å². The molecule has 1 aromatic carbocycles. The standard InChI is InChI=1S/C10H14O5S/c1-14-6-7-15-10-5-3-2-4-9(10)8-16(11,12)13/h2-5H,6-8H2,1H3,(H,11,12,13). The quantitative estimate of drug-likeness (QED) is 0.601. The van der Waals surface area contributed by atoms with Crippen molar-refractivity contribution in [3.8, 4) is 5.75 Å². The highest BCUT2D eigenvalue weighted by molar-refractivity contribution is 7.85. The summed E-state index contributed by atoms with van der Waals surface area (Å²) in [7, 11) is -2.49. The summed E-state index contributed by atoms with van der Waals surface area (Å²) in [6.07, 6.45) is 0. The summed E-state index contributed by atoms with van der Waals surface area (Å²) in [5.74, 6) is -0.00643. The molecule has 5 nitrogen and oxygen atoms in total. The average Bonchev–Trinajstić information content (AvgIpc) is 2.19. The molecule has 1 rings (SSSR count). The molecule has 0 saturated carbocycles. The smallest absolute Gasteiger partial charge is 0.269 e. The van der Waals surface area contributed by atoms with Gasteiger partial charge in [0.25, 0.3) is 10.1 Å². The first-order chi connectivity index (χ1) is 7.53. The van der Waals surface area contributed by atoms with Crippen molar-refractivity contribution in [3.63, 3.8) is 0 Å². The second-order valence-corrected chi connectivity index (χ2v) is 4.63. The molecule has 1 aromatic rings. The number of para-hydroxylation sites is 1. The van der Waals surface area contributed by atoms with Crippen LogP contribution in [0.1, 0.15) is 5.56 Å². The molecule has 1 N–H and O–H groups in total. The van der Waals surface area contributed by atoms with E-state index in [-0.39, 0.29) is 0 Å². The predicted octanol–water partition coefficient (Wildman–Crippen LogP) is 1.10. The Kier molecular flexibility index (Phi) is 4.72. The van der Waals surface area contributed by atoms with Gasteiger partial charge in [-0.25, -0.2) is 0 Å². The molecule has 0 atom stereocenters. The Labute approximate surface area is 94.7 Å². The maximum atomic E-state index is 10.8. The van der Waals surface area contributed by atoms with Gasteiger partial charge in [-0.2, -0.15) is 8.42 Å². The highest BCUT2D eigenvalue weighted by Crippen LogP contribution is 2.19. The van der Waals surface area contributed by atoms with Crippen LogP contribution in [0.2, 0.25) is 0 Å². The Morgan fingerprint density at radius 3 is 2.56 bits per heavy atom. The molecular formula is C10H14O5S. The fraction of sp³-hybridized carbons (Fsp3) is 0.400. The van der Waals surface area contributed by atoms with E-state index in [0.717, 1.165) is 0 Å². The summed E-state index contributed by atoms with van der Waals surface area (Å²) >= 11 is 0. The number of hydrogen-bond donors (Lipinski definition) is 1. The summed E-state index contributed by atoms with van der Waals surface area (Å²) in [6.45, 7) is 0.749. The average molecular weight is 246 g/mol. The van der Waals surface area contributed by atoms with Gasteiger partial charge >= 0.3 is 0 Å². The zero-order valence-electron chi connectivity index (χ0n) is 8.92. The monoisotopic (exact) mass is 246 g/mol. The van der Waals surface area contributed by atoms with Crippen LogP contribution in [0.3, 0.4) is 0 Å². The number of rotatable bonds is 6. The number of methoxy groups -OCH3 is 1. The van der Waals surface area contributed by atoms with E-state index in [9.17, 15) is 8.42 Å². The Balaban J connectivity index is 2.75. The maximum Gasteiger partial charge on any atom is 0.269 e. The van der Waals surface area contributed by atoms with Gasteiger partial charge in [-0.15, -0.1) is 0 Å². The summed E-state index contributed by atoms with van der Waals surface area (Å²) in [4.78, 5) is 0. The van der Waals surface area contributed by atoms with Crippen molar-refractivity contribution in [1.82, 2.24) is 0 Å². The van der Waals surface area contributed by atoms with Gasteiger partial charge in [0.2, 0.25) is 0 Å². The highest BCUT2D eigenvalue weighted by Gasteiger charge is 2.11. The fourth-order valence-corrected chi connectivity index (χ4v) is 1.83. The van der Waals surface area contributed by atoms with Crippen LogP contribution in [0.4, 0.5) is 0 Å². The van der Waals surface area contributed by atoms with Crippen LogP contribution in [0, 0.1) is 0 Å². The van der Waals surface area contributed by atoms with Crippen molar-refractivity contribution in [2.24, 2.45) is 0 Å². The van der Waals surface area contributed by atoms with E-state index in [2.05, 4.69) is 0 Å². The van der Waals surface area contributed by atoms with E-state index in [4.69, 9.17) is 14.0 Å². The van der Waals surface area contributed by atoms with E-state index >= 15 is 0 Å². The molecular weight excluding hydrogens is 232 g/mol. The lowest BCUT2D eigenvalue weighted by atomic mass is 10.2. The van der Waals surface area contributed by atoms with E-state index in [1.54, 1.807) is 31.4 Å². The minimum Gasteiger partial charge on any atom is -0.491 e. The Morgan fingerprint density at radius 1 is 1.25 bits per heavy atom. The predicted molar refractivity (Wildman–Crippen MR) is 59.1 cm³/mol. The summed E-state index contributed by atoms with van der Waals surface area (Å²) < 4.78 is 40.4. The minimum absolute atomic E-state index is 0.332. The summed E-state index contributed by atoms with van der Waals surface area (Å²) in [6, 6.07) is 6.66. The lowest BCUT2D eigenvalue weighted by Crippen LogP contribution is -2.08. The third-order valence-electron chi connectivity index (χ3n) is 1.86. The van der Waals surface area contributed by atoms with Gasteiger partial charge in [0, 0.05) is 12.7 Å². The maximum absolute atomic E-state index is 10.8. The second kappa shape index (κ2) is 5.83. The van der Waals surface area contributed by atoms with Gasteiger partial charge in [-0.3, -0.25) is 4.55 Å². The molecule has 90 valence electrons. The molecule has 0 unspecified atom stereocenters. The van der Waals surface area contributed by atoms with Crippen molar-refractivity contribution >= 4 is 10.1 Å². The number of benzene rings is 1. The zero-order chi connectivity index (χ0) is 12.0. The SMILES string of the molecule is COCCOc1ccccc1CS(=O)(=O)O. The van der Waals surface area contributed by atoms with Crippen LogP contribution < -0.4 is 4.74 Å². The molecule has 16 heavy (non-hydrogen) atoms. The molecule has 0 amide bonds. The van der Waals surface area contributed by atoms with E-state index in [1.807, 2.05) is 0 Å². The topological polar surface area (TPSA) is 72.8 Å². The molecule has 6 heteroatoms. The van der Waals surface area contributed by atoms with Gasteiger partial charge in [-0.1, -0.05) is 18.2 Å². The third kappa shape index (κ3) is 4.61. The molecule has 0 aliphatic carbocycles. The van der Waals surface area contributed by atoms with Gasteiger partial charge in [0.15, 0.2) is 0 Å². The minimum atomic E-state index is -4.04. The molecule has 0 radical (unpaired) electrons. The first kappa shape index (κ1) is 13.0. The van der Waals surface area contributed by atoms with Gasteiger partial charge < -0.3 is 9.47 Å². The first-order valence-electron chi connectivity index (χ1n) is 4.68. The molecule has 0 aliphatic rings. The second-order valence-electron chi connectivity index (χ2n) is 3.18. The van der Waals surface area contributed by atoms with Crippen LogP contribution in [0.25, 0.3) is 0 Å². The summed E-state index contributed by atoms with van der Waals surface area (Å²) in [5, 5.41) is 0. The zero-order valence-corrected chi connectivity index (χ0v) is 9.74. The van der Waals surface area contributed by atoms with Crippen molar-refractivity contribution in [1.29, 1.82) is 0 Å². The molecule has 0 saturated heterocycles. The third-order valence-corrected chi connectivity index (χ3v) is 2.53. The van der Waals surface area contributed by atoms with Crippen LogP contribution in [0.15, 0.2) is 24.3 Å². The van der Waals surface area contributed by atoms with Crippen molar-refractivity contribution in [2.45, 2.75) is 5.75 Å². The van der Waals surface area contributed by atoms with Crippen molar-refractivity contribution < 1.29 is 22.4 Å². The Hall–Kier alpha value is -1.11. The van der Waals surface area contributed by atoms with Crippen molar-refractivity contribution in [3.05, 3.63) is 29.8 Å². The first-order valence-corrected chi connectivity index (χ1v) is 6.28. The van der Waals surface area contributed by atoms with Crippen LogP contribution in [-0.4, -0.2) is 33.3 Å². The van der Waals surface area contributed by atoms with Gasteiger partial charge in [0.05, 0.1) is 6.61 Å². The lowest BCUT2D eigenvalue weighted by molar-refractivity contribution is 0.146. The van der Waals surface area contributed by atoms with Crippen LogP contribution >= 0.6 is 0 Å². The van der Waals surface area contributed by atoms with Crippen molar-refractivity contribution in [2.75, 3.05) is 20.3 Å². The number of ether oxygens (including phenoxy) is 2. The fourth-order valence-electron chi connectivity index (χ4n) is 1.20.